The molecule has 0 saturated carbocycles. The Morgan fingerprint density at radius 3 is 2.20 bits per heavy atom. The molecular weight excluding hydrogens is 337 g/mol. The second kappa shape index (κ2) is 6.74. The van der Waals surface area contributed by atoms with Crippen molar-refractivity contribution in [2.45, 2.75) is 39.0 Å². The van der Waals surface area contributed by atoms with Crippen molar-refractivity contribution >= 4 is 22.5 Å². The van der Waals surface area contributed by atoms with Crippen LogP contribution in [0.4, 0.5) is 13.2 Å². The SMILES string of the molecule is Cc1cc(C(C(=O)OC(C)C)C(=O)C(F)(F)F)c(O)c2ccccc12. The average Bonchev–Trinajstić information content (AvgIpc) is 2.50. The van der Waals surface area contributed by atoms with Crippen LogP contribution in [0.5, 0.6) is 5.75 Å². The van der Waals surface area contributed by atoms with Crippen LogP contribution in [0.15, 0.2) is 30.3 Å². The largest absolute Gasteiger partial charge is 0.507 e. The predicted octanol–water partition coefficient (Wildman–Crippen LogP) is 4.02. The molecule has 0 spiro atoms. The third-order valence-electron chi connectivity index (χ3n) is 3.69. The zero-order valence-electron chi connectivity index (χ0n) is 13.8. The van der Waals surface area contributed by atoms with Gasteiger partial charge in [0, 0.05) is 10.9 Å². The van der Waals surface area contributed by atoms with Gasteiger partial charge in [-0.15, -0.1) is 0 Å². The van der Waals surface area contributed by atoms with E-state index < -0.39 is 41.3 Å². The maximum atomic E-state index is 13.0. The van der Waals surface area contributed by atoms with Crippen molar-refractivity contribution in [3.8, 4) is 5.75 Å². The first-order chi connectivity index (χ1) is 11.5. The summed E-state index contributed by atoms with van der Waals surface area (Å²) in [7, 11) is 0. The quantitative estimate of drug-likeness (QED) is 0.665. The van der Waals surface area contributed by atoms with Crippen LogP contribution in [0, 0.1) is 6.92 Å². The van der Waals surface area contributed by atoms with Crippen LogP contribution in [0.25, 0.3) is 10.8 Å². The van der Waals surface area contributed by atoms with Gasteiger partial charge < -0.3 is 9.84 Å². The normalized spacial score (nSPS) is 13.1. The highest BCUT2D eigenvalue weighted by Gasteiger charge is 2.49. The lowest BCUT2D eigenvalue weighted by Crippen LogP contribution is -2.35. The number of carbonyl (C=O) groups is 2. The molecule has 7 heteroatoms. The average molecular weight is 354 g/mol. The molecule has 2 rings (SSSR count). The van der Waals surface area contributed by atoms with Gasteiger partial charge in [0.15, 0.2) is 5.92 Å². The minimum Gasteiger partial charge on any atom is -0.507 e. The number of ether oxygens (including phenoxy) is 1. The molecule has 2 aromatic carbocycles. The minimum atomic E-state index is -5.24. The van der Waals surface area contributed by atoms with E-state index in [9.17, 15) is 27.9 Å². The molecule has 0 aliphatic rings. The monoisotopic (exact) mass is 354 g/mol. The van der Waals surface area contributed by atoms with E-state index in [1.807, 2.05) is 0 Å². The van der Waals surface area contributed by atoms with E-state index in [-0.39, 0.29) is 5.39 Å². The molecule has 0 bridgehead atoms. The fourth-order valence-corrected chi connectivity index (χ4v) is 2.63. The zero-order valence-corrected chi connectivity index (χ0v) is 13.8. The van der Waals surface area contributed by atoms with Crippen LogP contribution >= 0.6 is 0 Å². The molecule has 0 fully saturated rings. The van der Waals surface area contributed by atoms with Gasteiger partial charge in [0.05, 0.1) is 6.10 Å². The van der Waals surface area contributed by atoms with E-state index >= 15 is 0 Å². The van der Waals surface area contributed by atoms with Crippen LogP contribution in [-0.2, 0) is 14.3 Å². The molecule has 25 heavy (non-hydrogen) atoms. The number of hydrogen-bond donors (Lipinski definition) is 1. The third-order valence-corrected chi connectivity index (χ3v) is 3.69. The molecule has 4 nitrogen and oxygen atoms in total. The van der Waals surface area contributed by atoms with Crippen LogP contribution < -0.4 is 0 Å². The maximum Gasteiger partial charge on any atom is 0.451 e. The Balaban J connectivity index is 2.69. The topological polar surface area (TPSA) is 63.6 Å². The van der Waals surface area contributed by atoms with Gasteiger partial charge in [-0.25, -0.2) is 0 Å². The van der Waals surface area contributed by atoms with Gasteiger partial charge in [-0.3, -0.25) is 9.59 Å². The van der Waals surface area contributed by atoms with Gasteiger partial charge >= 0.3 is 12.1 Å². The predicted molar refractivity (Wildman–Crippen MR) is 85.4 cm³/mol. The van der Waals surface area contributed by atoms with Crippen LogP contribution in [0.2, 0.25) is 0 Å². The van der Waals surface area contributed by atoms with Crippen LogP contribution in [0.1, 0.15) is 30.9 Å². The number of halogens is 3. The molecule has 0 radical (unpaired) electrons. The zero-order chi connectivity index (χ0) is 18.9. The molecule has 1 unspecified atom stereocenters. The fraction of sp³-hybridized carbons (Fsp3) is 0.333. The first-order valence-corrected chi connectivity index (χ1v) is 7.56. The molecule has 134 valence electrons. The molecule has 0 heterocycles. The van der Waals surface area contributed by atoms with E-state index in [1.165, 1.54) is 26.0 Å². The number of aromatic hydroxyl groups is 1. The van der Waals surface area contributed by atoms with E-state index in [2.05, 4.69) is 0 Å². The number of esters is 1. The lowest BCUT2D eigenvalue weighted by Gasteiger charge is -2.20. The van der Waals surface area contributed by atoms with Gasteiger partial charge in [-0.05, 0) is 31.7 Å². The summed E-state index contributed by atoms with van der Waals surface area (Å²) in [5.74, 6) is -6.43. The van der Waals surface area contributed by atoms with Crippen molar-refractivity contribution in [1.82, 2.24) is 0 Å². The van der Waals surface area contributed by atoms with Crippen molar-refractivity contribution in [3.05, 3.63) is 41.5 Å². The number of hydrogen-bond acceptors (Lipinski definition) is 4. The number of rotatable bonds is 4. The Kier molecular flexibility index (Phi) is 5.06. The number of benzene rings is 2. The molecule has 2 aromatic rings. The second-order valence-electron chi connectivity index (χ2n) is 5.96. The Labute approximate surface area is 142 Å². The lowest BCUT2D eigenvalue weighted by atomic mass is 9.89. The smallest absolute Gasteiger partial charge is 0.451 e. The van der Waals surface area contributed by atoms with Gasteiger partial charge in [0.1, 0.15) is 5.75 Å². The minimum absolute atomic E-state index is 0.259. The summed E-state index contributed by atoms with van der Waals surface area (Å²) in [5, 5.41) is 11.3. The summed E-state index contributed by atoms with van der Waals surface area (Å²) in [6, 6.07) is 7.71. The number of phenols is 1. The van der Waals surface area contributed by atoms with Crippen LogP contribution in [0.3, 0.4) is 0 Å². The summed E-state index contributed by atoms with van der Waals surface area (Å²) in [6.07, 6.45) is -5.95. The summed E-state index contributed by atoms with van der Waals surface area (Å²) >= 11 is 0. The standard InChI is InChI=1S/C18H17F3O4/c1-9(2)25-17(24)14(16(23)18(19,20)21)13-8-10(3)11-6-4-5-7-12(11)15(13)22/h4-9,14,22H,1-3H3. The molecule has 0 aliphatic heterocycles. The molecule has 0 aliphatic carbocycles. The molecule has 1 N–H and O–H groups in total. The fourth-order valence-electron chi connectivity index (χ4n) is 2.63. The van der Waals surface area contributed by atoms with E-state index in [1.54, 1.807) is 25.1 Å². The van der Waals surface area contributed by atoms with Gasteiger partial charge in [-0.1, -0.05) is 30.3 Å². The van der Waals surface area contributed by atoms with Crippen molar-refractivity contribution < 1.29 is 32.6 Å². The third kappa shape index (κ3) is 3.75. The van der Waals surface area contributed by atoms with Gasteiger partial charge in [0.2, 0.25) is 0 Å². The molecule has 0 aromatic heterocycles. The maximum absolute atomic E-state index is 13.0. The number of carbonyl (C=O) groups excluding carboxylic acids is 2. The Bertz CT molecular complexity index is 825. The summed E-state index contributed by atoms with van der Waals surface area (Å²) in [4.78, 5) is 24.0. The number of fused-ring (bicyclic) bond motifs is 1. The van der Waals surface area contributed by atoms with Gasteiger partial charge in [0.25, 0.3) is 5.78 Å². The highest BCUT2D eigenvalue weighted by Crippen LogP contribution is 2.39. The number of phenolic OH excluding ortho intramolecular Hbond substituents is 1. The molecule has 0 amide bonds. The van der Waals surface area contributed by atoms with Crippen molar-refractivity contribution in [1.29, 1.82) is 0 Å². The molecule has 1 atom stereocenters. The molecule has 0 saturated heterocycles. The van der Waals surface area contributed by atoms with Crippen molar-refractivity contribution in [3.63, 3.8) is 0 Å². The van der Waals surface area contributed by atoms with E-state index in [4.69, 9.17) is 4.74 Å². The number of aryl methyl sites for hydroxylation is 1. The van der Waals surface area contributed by atoms with Crippen molar-refractivity contribution in [2.75, 3.05) is 0 Å². The van der Waals surface area contributed by atoms with Crippen LogP contribution in [-0.4, -0.2) is 29.1 Å². The highest BCUT2D eigenvalue weighted by molar-refractivity contribution is 6.09. The van der Waals surface area contributed by atoms with E-state index in [0.717, 1.165) is 0 Å². The first-order valence-electron chi connectivity index (χ1n) is 7.56. The summed E-state index contributed by atoms with van der Waals surface area (Å²) in [5.41, 5.74) is 0.116. The number of ketones is 1. The van der Waals surface area contributed by atoms with Crippen molar-refractivity contribution in [2.24, 2.45) is 0 Å². The summed E-state index contributed by atoms with van der Waals surface area (Å²) in [6.45, 7) is 4.53. The summed E-state index contributed by atoms with van der Waals surface area (Å²) < 4.78 is 43.8. The van der Waals surface area contributed by atoms with Gasteiger partial charge in [-0.2, -0.15) is 13.2 Å². The first kappa shape index (κ1) is 18.8. The molecular formula is C18H17F3O4. The Morgan fingerprint density at radius 1 is 1.12 bits per heavy atom. The lowest BCUT2D eigenvalue weighted by molar-refractivity contribution is -0.178. The second-order valence-corrected chi connectivity index (χ2v) is 5.96. The number of Topliss-reactive ketones (excluding diaryl/α,β-unsaturated/α-hetero) is 1. The Hall–Kier alpha value is -2.57. The number of alkyl halides is 3. The Morgan fingerprint density at radius 2 is 1.68 bits per heavy atom. The van der Waals surface area contributed by atoms with E-state index in [0.29, 0.717) is 10.9 Å². The highest BCUT2D eigenvalue weighted by atomic mass is 19.4.